The standard InChI is InChI=1S/C23H22ClN3O5S/c1-15(28)17-5-9-19(10-6-17)33(30,31)27-13-22-20(11-21(27)23(29)32-2)25-14-26(22)12-16-3-7-18(24)8-4-16/h3-10,14,21H,11-13H2,1-2H3/t21-/m0/s1. The van der Waals surface area contributed by atoms with Gasteiger partial charge in [-0.3, -0.25) is 9.59 Å². The highest BCUT2D eigenvalue weighted by Gasteiger charge is 2.42. The number of halogens is 1. The van der Waals surface area contributed by atoms with Gasteiger partial charge in [0.25, 0.3) is 0 Å². The number of hydrogen-bond acceptors (Lipinski definition) is 6. The Morgan fingerprint density at radius 3 is 2.39 bits per heavy atom. The van der Waals surface area contributed by atoms with Crippen LogP contribution in [0.25, 0.3) is 0 Å². The predicted molar refractivity (Wildman–Crippen MR) is 121 cm³/mol. The number of rotatable bonds is 6. The smallest absolute Gasteiger partial charge is 0.324 e. The third-order valence-electron chi connectivity index (χ3n) is 5.68. The number of sulfonamides is 1. The molecule has 2 heterocycles. The molecular weight excluding hydrogens is 466 g/mol. The Kier molecular flexibility index (Phi) is 6.38. The van der Waals surface area contributed by atoms with E-state index in [9.17, 15) is 18.0 Å². The van der Waals surface area contributed by atoms with Crippen molar-refractivity contribution in [2.24, 2.45) is 0 Å². The Bertz CT molecular complexity index is 1300. The number of aromatic nitrogens is 2. The molecule has 0 saturated heterocycles. The molecule has 33 heavy (non-hydrogen) atoms. The van der Waals surface area contributed by atoms with Gasteiger partial charge in [0.15, 0.2) is 5.78 Å². The first-order valence-corrected chi connectivity index (χ1v) is 12.0. The van der Waals surface area contributed by atoms with Crippen LogP contribution in [0.5, 0.6) is 0 Å². The molecule has 3 aromatic rings. The van der Waals surface area contributed by atoms with Crippen molar-refractivity contribution in [3.8, 4) is 0 Å². The highest BCUT2D eigenvalue weighted by molar-refractivity contribution is 7.89. The van der Waals surface area contributed by atoms with Crippen LogP contribution in [0.15, 0.2) is 59.8 Å². The second kappa shape index (κ2) is 9.09. The lowest BCUT2D eigenvalue weighted by molar-refractivity contribution is -0.145. The van der Waals surface area contributed by atoms with E-state index in [4.69, 9.17) is 16.3 Å². The van der Waals surface area contributed by atoms with Gasteiger partial charge in [-0.05, 0) is 36.8 Å². The number of carbonyl (C=O) groups is 2. The fraction of sp³-hybridized carbons (Fsp3) is 0.261. The molecule has 172 valence electrons. The average molecular weight is 488 g/mol. The zero-order valence-corrected chi connectivity index (χ0v) is 19.6. The molecule has 0 bridgehead atoms. The lowest BCUT2D eigenvalue weighted by Crippen LogP contribution is -2.49. The fourth-order valence-electron chi connectivity index (χ4n) is 3.85. The molecule has 0 N–H and O–H groups in total. The zero-order valence-electron chi connectivity index (χ0n) is 18.1. The summed E-state index contributed by atoms with van der Waals surface area (Å²) in [5.74, 6) is -0.822. The van der Waals surface area contributed by atoms with Crippen LogP contribution < -0.4 is 0 Å². The van der Waals surface area contributed by atoms with Crippen LogP contribution >= 0.6 is 11.6 Å². The first-order chi connectivity index (χ1) is 15.7. The van der Waals surface area contributed by atoms with Crippen molar-refractivity contribution >= 4 is 33.4 Å². The highest BCUT2D eigenvalue weighted by Crippen LogP contribution is 2.30. The van der Waals surface area contributed by atoms with Crippen LogP contribution in [-0.2, 0) is 39.1 Å². The molecule has 0 amide bonds. The zero-order chi connectivity index (χ0) is 23.8. The minimum Gasteiger partial charge on any atom is -0.468 e. The van der Waals surface area contributed by atoms with Gasteiger partial charge in [0.1, 0.15) is 6.04 Å². The number of esters is 1. The molecule has 4 rings (SSSR count). The van der Waals surface area contributed by atoms with Crippen molar-refractivity contribution in [3.05, 3.63) is 82.4 Å². The summed E-state index contributed by atoms with van der Waals surface area (Å²) in [6.45, 7) is 1.84. The van der Waals surface area contributed by atoms with E-state index in [1.165, 1.54) is 38.3 Å². The van der Waals surface area contributed by atoms with Crippen LogP contribution in [0.4, 0.5) is 0 Å². The van der Waals surface area contributed by atoms with Gasteiger partial charge in [-0.25, -0.2) is 13.4 Å². The number of carbonyl (C=O) groups excluding carboxylic acids is 2. The van der Waals surface area contributed by atoms with Gasteiger partial charge in [-0.1, -0.05) is 35.9 Å². The van der Waals surface area contributed by atoms with Crippen molar-refractivity contribution in [2.75, 3.05) is 7.11 Å². The Labute approximate surface area is 196 Å². The van der Waals surface area contributed by atoms with Crippen molar-refractivity contribution in [1.82, 2.24) is 13.9 Å². The van der Waals surface area contributed by atoms with Crippen molar-refractivity contribution in [1.29, 1.82) is 0 Å². The summed E-state index contributed by atoms with van der Waals surface area (Å²) in [7, 11) is -2.84. The van der Waals surface area contributed by atoms with Gasteiger partial charge in [0, 0.05) is 23.6 Å². The molecule has 1 aliphatic heterocycles. The first kappa shape index (κ1) is 23.2. The number of ether oxygens (including phenoxy) is 1. The maximum atomic E-state index is 13.5. The van der Waals surface area contributed by atoms with Crippen molar-refractivity contribution in [2.45, 2.75) is 37.4 Å². The first-order valence-electron chi connectivity index (χ1n) is 10.2. The summed E-state index contributed by atoms with van der Waals surface area (Å²) >= 11 is 5.97. The largest absolute Gasteiger partial charge is 0.468 e. The molecule has 2 aromatic carbocycles. The lowest BCUT2D eigenvalue weighted by Gasteiger charge is -2.33. The number of imidazole rings is 1. The highest BCUT2D eigenvalue weighted by atomic mass is 35.5. The minimum atomic E-state index is -4.06. The van der Waals surface area contributed by atoms with Gasteiger partial charge in [0.05, 0.1) is 36.3 Å². The molecule has 0 spiro atoms. The summed E-state index contributed by atoms with van der Waals surface area (Å²) in [5.41, 5.74) is 2.73. The van der Waals surface area contributed by atoms with Gasteiger partial charge in [-0.2, -0.15) is 4.31 Å². The maximum absolute atomic E-state index is 13.5. The second-order valence-corrected chi connectivity index (χ2v) is 10.1. The van der Waals surface area contributed by atoms with E-state index in [0.717, 1.165) is 9.87 Å². The minimum absolute atomic E-state index is 0.00591. The van der Waals surface area contributed by atoms with E-state index in [1.807, 2.05) is 16.7 Å². The number of nitrogens with zero attached hydrogens (tertiary/aromatic N) is 3. The molecule has 0 saturated carbocycles. The van der Waals surface area contributed by atoms with Crippen molar-refractivity contribution < 1.29 is 22.7 Å². The molecule has 1 aromatic heterocycles. The Morgan fingerprint density at radius 2 is 1.79 bits per heavy atom. The molecule has 0 aliphatic carbocycles. The van der Waals surface area contributed by atoms with E-state index in [1.54, 1.807) is 18.5 Å². The normalized spacial score (nSPS) is 16.3. The predicted octanol–water partition coefficient (Wildman–Crippen LogP) is 3.08. The quantitative estimate of drug-likeness (QED) is 0.391. The third kappa shape index (κ3) is 4.57. The summed E-state index contributed by atoms with van der Waals surface area (Å²) in [4.78, 5) is 28.5. The van der Waals surface area contributed by atoms with Gasteiger partial charge in [-0.15, -0.1) is 0 Å². The van der Waals surface area contributed by atoms with Crippen LogP contribution in [0, 0.1) is 0 Å². The van der Waals surface area contributed by atoms with Crippen molar-refractivity contribution in [3.63, 3.8) is 0 Å². The summed E-state index contributed by atoms with van der Waals surface area (Å²) in [5, 5.41) is 0.625. The van der Waals surface area contributed by atoms with Crippen LogP contribution in [-0.4, -0.2) is 47.2 Å². The number of Topliss-reactive ketones (excluding diaryl/α,β-unsaturated/α-hetero) is 1. The number of ketones is 1. The topological polar surface area (TPSA) is 98.6 Å². The summed E-state index contributed by atoms with van der Waals surface area (Å²) in [6.07, 6.45) is 1.74. The average Bonchev–Trinajstić information content (AvgIpc) is 3.21. The number of fused-ring (bicyclic) bond motifs is 1. The fourth-order valence-corrected chi connectivity index (χ4v) is 5.52. The molecule has 0 radical (unpaired) electrons. The van der Waals surface area contributed by atoms with Crippen LogP contribution in [0.2, 0.25) is 5.02 Å². The summed E-state index contributed by atoms with van der Waals surface area (Å²) in [6, 6.07) is 12.0. The monoisotopic (exact) mass is 487 g/mol. The molecule has 1 atom stereocenters. The van der Waals surface area contributed by atoms with E-state index >= 15 is 0 Å². The van der Waals surface area contributed by atoms with E-state index < -0.39 is 22.0 Å². The summed E-state index contributed by atoms with van der Waals surface area (Å²) < 4.78 is 35.0. The Balaban J connectivity index is 1.70. The Hall–Kier alpha value is -3.01. The van der Waals surface area contributed by atoms with Crippen LogP contribution in [0.3, 0.4) is 0 Å². The maximum Gasteiger partial charge on any atom is 0.324 e. The van der Waals surface area contributed by atoms with Crippen LogP contribution in [0.1, 0.15) is 34.2 Å². The Morgan fingerprint density at radius 1 is 1.12 bits per heavy atom. The number of methoxy groups -OCH3 is 1. The SMILES string of the molecule is COC(=O)[C@@H]1Cc2ncn(Cc3ccc(Cl)cc3)c2CN1S(=O)(=O)c1ccc(C(C)=O)cc1. The second-order valence-electron chi connectivity index (χ2n) is 7.77. The molecule has 10 heteroatoms. The number of hydrogen-bond donors (Lipinski definition) is 0. The third-order valence-corrected chi connectivity index (χ3v) is 7.80. The molecule has 8 nitrogen and oxygen atoms in total. The number of benzene rings is 2. The van der Waals surface area contributed by atoms with E-state index in [-0.39, 0.29) is 23.6 Å². The van der Waals surface area contributed by atoms with Gasteiger partial charge < -0.3 is 9.30 Å². The van der Waals surface area contributed by atoms with Gasteiger partial charge in [0.2, 0.25) is 10.0 Å². The van der Waals surface area contributed by atoms with Gasteiger partial charge >= 0.3 is 5.97 Å². The molecule has 1 aliphatic rings. The lowest BCUT2D eigenvalue weighted by atomic mass is 10.1. The molecule has 0 fully saturated rings. The molecule has 0 unspecified atom stereocenters. The van der Waals surface area contributed by atoms with E-state index in [0.29, 0.717) is 28.5 Å². The molecular formula is C23H22ClN3O5S. The van der Waals surface area contributed by atoms with E-state index in [2.05, 4.69) is 4.98 Å².